The Morgan fingerprint density at radius 3 is 2.37 bits per heavy atom. The number of hydrogen-bond donors (Lipinski definition) is 1. The van der Waals surface area contributed by atoms with Crippen LogP contribution >= 0.6 is 0 Å². The lowest BCUT2D eigenvalue weighted by atomic mass is 9.82. The number of nitrogens with zero attached hydrogens (tertiary/aromatic N) is 3. The van der Waals surface area contributed by atoms with Crippen molar-refractivity contribution >= 4 is 11.7 Å². The van der Waals surface area contributed by atoms with E-state index in [2.05, 4.69) is 28.7 Å². The lowest BCUT2D eigenvalue weighted by Gasteiger charge is -2.40. The number of rotatable bonds is 8. The molecule has 2 fully saturated rings. The minimum absolute atomic E-state index is 0.256. The minimum Gasteiger partial charge on any atom is -0.479 e. The van der Waals surface area contributed by atoms with Gasteiger partial charge in [-0.15, -0.1) is 0 Å². The van der Waals surface area contributed by atoms with Crippen LogP contribution in [0.2, 0.25) is 0 Å². The minimum atomic E-state index is -1.13. The third kappa shape index (κ3) is 7.04. The standard InChI is InChI=1S/C31H45N3O4/c1-21-26(28(29(35)36)38-30(2,3)4)27(34-16-14-31(5,6)15-17-34)24(19-32-21)23-12-13-25(33-18-23)37-20-22-10-8-7-9-11-22/h12-13,18-19,22,28H,7-11,14-17,20H2,1-6H3,(H,35,36)/t28-/m0/s1. The van der Waals surface area contributed by atoms with Crippen molar-refractivity contribution < 1.29 is 19.4 Å². The molecule has 1 aliphatic carbocycles. The van der Waals surface area contributed by atoms with Gasteiger partial charge in [-0.1, -0.05) is 33.1 Å². The van der Waals surface area contributed by atoms with Gasteiger partial charge in [-0.25, -0.2) is 9.78 Å². The van der Waals surface area contributed by atoms with Crippen molar-refractivity contribution in [3.63, 3.8) is 0 Å². The first kappa shape index (κ1) is 28.3. The van der Waals surface area contributed by atoms with Crippen molar-refractivity contribution in [3.8, 4) is 17.0 Å². The summed E-state index contributed by atoms with van der Waals surface area (Å²) in [7, 11) is 0. The van der Waals surface area contributed by atoms with Crippen LogP contribution in [0.5, 0.6) is 5.88 Å². The average molecular weight is 524 g/mol. The van der Waals surface area contributed by atoms with Crippen LogP contribution in [0.1, 0.15) is 96.9 Å². The fourth-order valence-electron chi connectivity index (χ4n) is 5.58. The predicted molar refractivity (Wildman–Crippen MR) is 151 cm³/mol. The molecule has 0 amide bonds. The summed E-state index contributed by atoms with van der Waals surface area (Å²) in [6.45, 7) is 14.5. The van der Waals surface area contributed by atoms with Gasteiger partial charge in [0.2, 0.25) is 5.88 Å². The number of anilines is 1. The van der Waals surface area contributed by atoms with Crippen molar-refractivity contribution in [3.05, 3.63) is 35.8 Å². The number of hydrogen-bond acceptors (Lipinski definition) is 6. The van der Waals surface area contributed by atoms with E-state index in [1.54, 1.807) is 0 Å². The number of piperidine rings is 1. The van der Waals surface area contributed by atoms with E-state index in [0.717, 1.165) is 42.7 Å². The van der Waals surface area contributed by atoms with Crippen LogP contribution in [0.15, 0.2) is 24.5 Å². The molecular formula is C31H45N3O4. The van der Waals surface area contributed by atoms with Crippen LogP contribution in [0.4, 0.5) is 5.69 Å². The summed E-state index contributed by atoms with van der Waals surface area (Å²) < 4.78 is 12.2. The Balaban J connectivity index is 1.71. The molecule has 0 bridgehead atoms. The molecule has 2 aromatic heterocycles. The topological polar surface area (TPSA) is 84.8 Å². The molecule has 1 atom stereocenters. The molecule has 0 unspecified atom stereocenters. The summed E-state index contributed by atoms with van der Waals surface area (Å²) in [5.74, 6) is 0.227. The fraction of sp³-hybridized carbons (Fsp3) is 0.645. The third-order valence-corrected chi connectivity index (χ3v) is 7.92. The molecule has 7 heteroatoms. The summed E-state index contributed by atoms with van der Waals surface area (Å²) in [5.41, 5.74) is 3.58. The van der Waals surface area contributed by atoms with Crippen LogP contribution in [-0.4, -0.2) is 46.3 Å². The monoisotopic (exact) mass is 523 g/mol. The number of pyridine rings is 2. The van der Waals surface area contributed by atoms with Crippen LogP contribution < -0.4 is 9.64 Å². The summed E-state index contributed by atoms with van der Waals surface area (Å²) in [4.78, 5) is 24.2. The van der Waals surface area contributed by atoms with Crippen molar-refractivity contribution in [1.29, 1.82) is 0 Å². The van der Waals surface area contributed by atoms with Gasteiger partial charge in [0.15, 0.2) is 6.10 Å². The summed E-state index contributed by atoms with van der Waals surface area (Å²) >= 11 is 0. The maximum Gasteiger partial charge on any atom is 0.337 e. The molecule has 1 saturated carbocycles. The van der Waals surface area contributed by atoms with Crippen LogP contribution in [-0.2, 0) is 9.53 Å². The first-order valence-corrected chi connectivity index (χ1v) is 14.2. The van der Waals surface area contributed by atoms with Gasteiger partial charge in [-0.2, -0.15) is 0 Å². The number of aliphatic carboxylic acids is 1. The van der Waals surface area contributed by atoms with Gasteiger partial charge in [0.1, 0.15) is 0 Å². The molecule has 0 spiro atoms. The molecule has 1 aliphatic heterocycles. The summed E-state index contributed by atoms with van der Waals surface area (Å²) in [6, 6.07) is 3.93. The molecule has 1 N–H and O–H groups in total. The Morgan fingerprint density at radius 1 is 1.11 bits per heavy atom. The Labute approximate surface area is 228 Å². The maximum atomic E-state index is 12.6. The molecule has 0 aromatic carbocycles. The van der Waals surface area contributed by atoms with Gasteiger partial charge in [0.25, 0.3) is 0 Å². The number of carbonyl (C=O) groups is 1. The van der Waals surface area contributed by atoms with E-state index >= 15 is 0 Å². The second-order valence-corrected chi connectivity index (χ2v) is 12.8. The first-order valence-electron chi connectivity index (χ1n) is 14.2. The smallest absolute Gasteiger partial charge is 0.337 e. The molecule has 2 aliphatic rings. The highest BCUT2D eigenvalue weighted by molar-refractivity contribution is 5.86. The molecule has 1 saturated heterocycles. The summed E-state index contributed by atoms with van der Waals surface area (Å²) in [6.07, 6.45) is 11.0. The van der Waals surface area contributed by atoms with Crippen molar-refractivity contribution in [2.24, 2.45) is 11.3 Å². The SMILES string of the molecule is Cc1ncc(-c2ccc(OCC3CCCCC3)nc2)c(N2CCC(C)(C)CC2)c1[C@H](OC(C)(C)C)C(=O)O. The van der Waals surface area contributed by atoms with Crippen LogP contribution in [0, 0.1) is 18.3 Å². The number of ether oxygens (including phenoxy) is 2. The van der Waals surface area contributed by atoms with E-state index in [0.29, 0.717) is 29.7 Å². The highest BCUT2D eigenvalue weighted by Crippen LogP contribution is 2.43. The van der Waals surface area contributed by atoms with Crippen molar-refractivity contribution in [2.75, 3.05) is 24.6 Å². The molecule has 38 heavy (non-hydrogen) atoms. The van der Waals surface area contributed by atoms with Gasteiger partial charge in [0, 0.05) is 53.9 Å². The molecule has 4 rings (SSSR count). The Morgan fingerprint density at radius 2 is 1.79 bits per heavy atom. The number of carboxylic acids is 1. The van der Waals surface area contributed by atoms with E-state index in [1.165, 1.54) is 32.1 Å². The lowest BCUT2D eigenvalue weighted by Crippen LogP contribution is -2.39. The van der Waals surface area contributed by atoms with E-state index in [9.17, 15) is 9.90 Å². The molecule has 3 heterocycles. The van der Waals surface area contributed by atoms with E-state index in [4.69, 9.17) is 9.47 Å². The predicted octanol–water partition coefficient (Wildman–Crippen LogP) is 6.98. The Kier molecular flexibility index (Phi) is 8.65. The lowest BCUT2D eigenvalue weighted by molar-refractivity contribution is -0.160. The number of aryl methyl sites for hydroxylation is 1. The zero-order valence-corrected chi connectivity index (χ0v) is 24.0. The van der Waals surface area contributed by atoms with E-state index in [-0.39, 0.29) is 5.41 Å². The van der Waals surface area contributed by atoms with E-state index < -0.39 is 17.7 Å². The highest BCUT2D eigenvalue weighted by atomic mass is 16.5. The third-order valence-electron chi connectivity index (χ3n) is 7.92. The van der Waals surface area contributed by atoms with Gasteiger partial charge < -0.3 is 19.5 Å². The van der Waals surface area contributed by atoms with Crippen molar-refractivity contribution in [1.82, 2.24) is 9.97 Å². The molecule has 7 nitrogen and oxygen atoms in total. The molecule has 0 radical (unpaired) electrons. The van der Waals surface area contributed by atoms with Gasteiger partial charge >= 0.3 is 5.97 Å². The normalized spacial score (nSPS) is 19.3. The Bertz CT molecular complexity index is 1090. The average Bonchev–Trinajstić information content (AvgIpc) is 2.86. The zero-order chi connectivity index (χ0) is 27.5. The van der Waals surface area contributed by atoms with Gasteiger partial charge in [-0.3, -0.25) is 4.98 Å². The largest absolute Gasteiger partial charge is 0.479 e. The summed E-state index contributed by atoms with van der Waals surface area (Å²) in [5, 5.41) is 10.3. The van der Waals surface area contributed by atoms with Gasteiger partial charge in [-0.05, 0) is 70.8 Å². The quantitative estimate of drug-likeness (QED) is 0.399. The zero-order valence-electron chi connectivity index (χ0n) is 24.0. The molecule has 2 aromatic rings. The Hall–Kier alpha value is -2.67. The second-order valence-electron chi connectivity index (χ2n) is 12.8. The van der Waals surface area contributed by atoms with Gasteiger partial charge in [0.05, 0.1) is 17.9 Å². The molecular weight excluding hydrogens is 478 g/mol. The second kappa shape index (κ2) is 11.6. The van der Waals surface area contributed by atoms with Crippen LogP contribution in [0.25, 0.3) is 11.1 Å². The molecule has 208 valence electrons. The van der Waals surface area contributed by atoms with E-state index in [1.807, 2.05) is 52.2 Å². The first-order chi connectivity index (χ1) is 17.9. The highest BCUT2D eigenvalue weighted by Gasteiger charge is 2.35. The number of carboxylic acid groups (broad SMARTS) is 1. The van der Waals surface area contributed by atoms with Crippen molar-refractivity contribution in [2.45, 2.75) is 98.2 Å². The maximum absolute atomic E-state index is 12.6. The van der Waals surface area contributed by atoms with Crippen LogP contribution in [0.3, 0.4) is 0 Å². The fourth-order valence-corrected chi connectivity index (χ4v) is 5.58. The number of aromatic nitrogens is 2.